The van der Waals surface area contributed by atoms with Crippen molar-refractivity contribution in [3.05, 3.63) is 47.9 Å². The molecule has 1 aromatic heterocycles. The summed E-state index contributed by atoms with van der Waals surface area (Å²) in [7, 11) is 1.73. The molecule has 2 rings (SSSR count). The lowest BCUT2D eigenvalue weighted by molar-refractivity contribution is 0.102. The summed E-state index contributed by atoms with van der Waals surface area (Å²) in [5.74, 6) is 0.293. The van der Waals surface area contributed by atoms with Crippen molar-refractivity contribution >= 4 is 17.4 Å². The molecule has 1 amide bonds. The number of hydrogen-bond donors (Lipinski definition) is 2. The van der Waals surface area contributed by atoms with Gasteiger partial charge in [-0.25, -0.2) is 4.98 Å². The van der Waals surface area contributed by atoms with E-state index < -0.39 is 0 Å². The second kappa shape index (κ2) is 5.27. The van der Waals surface area contributed by atoms with Gasteiger partial charge in [-0.05, 0) is 18.6 Å². The third-order valence-electron chi connectivity index (χ3n) is 2.52. The fourth-order valence-electron chi connectivity index (χ4n) is 1.50. The molecule has 1 aromatic carbocycles. The van der Waals surface area contributed by atoms with Crippen LogP contribution in [0, 0.1) is 6.92 Å². The van der Waals surface area contributed by atoms with Gasteiger partial charge in [0.1, 0.15) is 11.5 Å². The van der Waals surface area contributed by atoms with Gasteiger partial charge in [-0.1, -0.05) is 18.2 Å². The molecule has 5 nitrogen and oxygen atoms in total. The number of hydrogen-bond acceptors (Lipinski definition) is 4. The first kappa shape index (κ1) is 12.0. The van der Waals surface area contributed by atoms with Crippen LogP contribution in [0.25, 0.3) is 0 Å². The van der Waals surface area contributed by atoms with Crippen molar-refractivity contribution in [2.45, 2.75) is 6.92 Å². The van der Waals surface area contributed by atoms with E-state index in [1.54, 1.807) is 13.2 Å². The Bertz CT molecular complexity index is 568. The first-order valence-corrected chi connectivity index (χ1v) is 5.57. The van der Waals surface area contributed by atoms with Gasteiger partial charge in [0.25, 0.3) is 5.91 Å². The second-order valence-corrected chi connectivity index (χ2v) is 3.81. The highest BCUT2D eigenvalue weighted by atomic mass is 16.1. The summed E-state index contributed by atoms with van der Waals surface area (Å²) in [6, 6.07) is 7.58. The number of carbonyl (C=O) groups excluding carboxylic acids is 1. The molecule has 0 bridgehead atoms. The fraction of sp³-hybridized carbons (Fsp3) is 0.154. The van der Waals surface area contributed by atoms with Crippen LogP contribution in [0.4, 0.5) is 11.5 Å². The molecule has 0 unspecified atom stereocenters. The average Bonchev–Trinajstić information content (AvgIpc) is 2.41. The Hall–Kier alpha value is -2.43. The number of aryl methyl sites for hydroxylation is 1. The van der Waals surface area contributed by atoms with Crippen molar-refractivity contribution in [2.75, 3.05) is 17.7 Å². The molecular weight excluding hydrogens is 228 g/mol. The largest absolute Gasteiger partial charge is 0.372 e. The molecule has 0 saturated carbocycles. The molecule has 5 heteroatoms. The maximum Gasteiger partial charge on any atom is 0.275 e. The maximum atomic E-state index is 12.0. The monoisotopic (exact) mass is 242 g/mol. The van der Waals surface area contributed by atoms with Gasteiger partial charge in [0, 0.05) is 12.7 Å². The maximum absolute atomic E-state index is 12.0. The van der Waals surface area contributed by atoms with E-state index in [9.17, 15) is 4.79 Å². The molecule has 0 atom stereocenters. The van der Waals surface area contributed by atoms with Crippen LogP contribution in [0.5, 0.6) is 0 Å². The predicted octanol–water partition coefficient (Wildman–Crippen LogP) is 2.08. The van der Waals surface area contributed by atoms with E-state index in [4.69, 9.17) is 0 Å². The number of nitrogens with zero attached hydrogens (tertiary/aromatic N) is 2. The Morgan fingerprint density at radius 1 is 1.22 bits per heavy atom. The molecule has 0 radical (unpaired) electrons. The van der Waals surface area contributed by atoms with E-state index in [1.165, 1.54) is 6.20 Å². The van der Waals surface area contributed by atoms with Crippen molar-refractivity contribution in [3.8, 4) is 0 Å². The van der Waals surface area contributed by atoms with E-state index in [-0.39, 0.29) is 11.6 Å². The zero-order chi connectivity index (χ0) is 13.0. The number of amides is 1. The summed E-state index contributed by atoms with van der Waals surface area (Å²) in [6.07, 6.45) is 3.00. The van der Waals surface area contributed by atoms with E-state index in [0.717, 1.165) is 11.3 Å². The van der Waals surface area contributed by atoms with Gasteiger partial charge in [0.15, 0.2) is 0 Å². The van der Waals surface area contributed by atoms with Crippen molar-refractivity contribution in [1.29, 1.82) is 0 Å². The van der Waals surface area contributed by atoms with Crippen LogP contribution in [0.3, 0.4) is 0 Å². The first-order chi connectivity index (χ1) is 8.70. The van der Waals surface area contributed by atoms with Gasteiger partial charge in [-0.3, -0.25) is 9.78 Å². The lowest BCUT2D eigenvalue weighted by atomic mass is 10.2. The zero-order valence-corrected chi connectivity index (χ0v) is 10.3. The minimum Gasteiger partial charge on any atom is -0.372 e. The van der Waals surface area contributed by atoms with E-state index in [1.807, 2.05) is 31.2 Å². The summed E-state index contributed by atoms with van der Waals surface area (Å²) in [5, 5.41) is 5.65. The van der Waals surface area contributed by atoms with Crippen LogP contribution < -0.4 is 10.6 Å². The molecule has 2 N–H and O–H groups in total. The molecule has 0 aliphatic heterocycles. The Kier molecular flexibility index (Phi) is 3.52. The number of aromatic nitrogens is 2. The summed E-state index contributed by atoms with van der Waals surface area (Å²) >= 11 is 0. The van der Waals surface area contributed by atoms with Crippen molar-refractivity contribution in [1.82, 2.24) is 9.97 Å². The van der Waals surface area contributed by atoms with Crippen LogP contribution in [-0.4, -0.2) is 22.9 Å². The number of benzene rings is 1. The van der Waals surface area contributed by atoms with Crippen molar-refractivity contribution < 1.29 is 4.79 Å². The van der Waals surface area contributed by atoms with Gasteiger partial charge in [-0.15, -0.1) is 0 Å². The van der Waals surface area contributed by atoms with Crippen LogP contribution >= 0.6 is 0 Å². The van der Waals surface area contributed by atoms with Crippen LogP contribution in [-0.2, 0) is 0 Å². The SMILES string of the molecule is CNc1cncc(C(=O)Nc2ccccc2C)n1. The van der Waals surface area contributed by atoms with Gasteiger partial charge in [-0.2, -0.15) is 0 Å². The smallest absolute Gasteiger partial charge is 0.275 e. The second-order valence-electron chi connectivity index (χ2n) is 3.81. The molecule has 18 heavy (non-hydrogen) atoms. The van der Waals surface area contributed by atoms with Crippen LogP contribution in [0.2, 0.25) is 0 Å². The Labute approximate surface area is 105 Å². The van der Waals surface area contributed by atoms with E-state index >= 15 is 0 Å². The highest BCUT2D eigenvalue weighted by Crippen LogP contribution is 2.14. The Morgan fingerprint density at radius 3 is 2.72 bits per heavy atom. The minimum atomic E-state index is -0.270. The third-order valence-corrected chi connectivity index (χ3v) is 2.52. The zero-order valence-electron chi connectivity index (χ0n) is 10.3. The third kappa shape index (κ3) is 2.63. The van der Waals surface area contributed by atoms with Gasteiger partial charge < -0.3 is 10.6 Å². The summed E-state index contributed by atoms with van der Waals surface area (Å²) in [4.78, 5) is 20.1. The number of nitrogens with one attached hydrogen (secondary N) is 2. The highest BCUT2D eigenvalue weighted by Gasteiger charge is 2.09. The topological polar surface area (TPSA) is 66.9 Å². The molecule has 0 aliphatic rings. The molecule has 2 aromatic rings. The summed E-state index contributed by atoms with van der Waals surface area (Å²) in [5.41, 5.74) is 2.06. The quantitative estimate of drug-likeness (QED) is 0.864. The van der Waals surface area contributed by atoms with Gasteiger partial charge in [0.2, 0.25) is 0 Å². The number of para-hydroxylation sites is 1. The molecule has 0 aliphatic carbocycles. The molecule has 92 valence electrons. The Balaban J connectivity index is 2.19. The normalized spacial score (nSPS) is 9.89. The Morgan fingerprint density at radius 2 is 2.00 bits per heavy atom. The van der Waals surface area contributed by atoms with Crippen LogP contribution in [0.1, 0.15) is 16.1 Å². The van der Waals surface area contributed by atoms with Crippen molar-refractivity contribution in [2.24, 2.45) is 0 Å². The van der Waals surface area contributed by atoms with Gasteiger partial charge in [0.05, 0.1) is 12.4 Å². The molecule has 1 heterocycles. The van der Waals surface area contributed by atoms with Gasteiger partial charge >= 0.3 is 0 Å². The molecule has 0 saturated heterocycles. The average molecular weight is 242 g/mol. The van der Waals surface area contributed by atoms with E-state index in [2.05, 4.69) is 20.6 Å². The number of anilines is 2. The standard InChI is InChI=1S/C13H14N4O/c1-9-5-3-4-6-10(9)17-13(18)11-7-15-8-12(14-2)16-11/h3-8H,1-2H3,(H,14,16)(H,17,18). The van der Waals surface area contributed by atoms with Crippen molar-refractivity contribution in [3.63, 3.8) is 0 Å². The fourth-order valence-corrected chi connectivity index (χ4v) is 1.50. The molecule has 0 spiro atoms. The summed E-state index contributed by atoms with van der Waals surface area (Å²) < 4.78 is 0. The summed E-state index contributed by atoms with van der Waals surface area (Å²) in [6.45, 7) is 1.94. The molecular formula is C13H14N4O. The first-order valence-electron chi connectivity index (χ1n) is 5.57. The lowest BCUT2D eigenvalue weighted by Crippen LogP contribution is -2.15. The number of rotatable bonds is 3. The van der Waals surface area contributed by atoms with E-state index in [0.29, 0.717) is 5.82 Å². The van der Waals surface area contributed by atoms with Crippen LogP contribution in [0.15, 0.2) is 36.7 Å². The predicted molar refractivity (Wildman–Crippen MR) is 70.7 cm³/mol. The molecule has 0 fully saturated rings. The highest BCUT2D eigenvalue weighted by molar-refractivity contribution is 6.03. The minimum absolute atomic E-state index is 0.270. The lowest BCUT2D eigenvalue weighted by Gasteiger charge is -2.07. The number of carbonyl (C=O) groups is 1.